The lowest BCUT2D eigenvalue weighted by Crippen LogP contribution is -1.99. The number of aryl methyl sites for hydroxylation is 1. The van der Waals surface area contributed by atoms with Crippen molar-refractivity contribution in [3.8, 4) is 11.6 Å². The predicted molar refractivity (Wildman–Crippen MR) is 69.5 cm³/mol. The van der Waals surface area contributed by atoms with Crippen molar-refractivity contribution in [3.63, 3.8) is 0 Å². The molecule has 0 fully saturated rings. The molecule has 0 aliphatic carbocycles. The first-order valence-electron chi connectivity index (χ1n) is 6.18. The van der Waals surface area contributed by atoms with Crippen LogP contribution in [0.25, 0.3) is 0 Å². The zero-order valence-corrected chi connectivity index (χ0v) is 11.4. The highest BCUT2D eigenvalue weighted by atomic mass is 19.2. The third kappa shape index (κ3) is 2.92. The molecule has 2 nitrogen and oxygen atoms in total. The number of nitrogens with zero attached hydrogens (tertiary/aromatic N) is 1. The minimum Gasteiger partial charge on any atom is -0.436 e. The van der Waals surface area contributed by atoms with Crippen LogP contribution in [0.3, 0.4) is 0 Å². The summed E-state index contributed by atoms with van der Waals surface area (Å²) in [5.74, 6) is -3.72. The van der Waals surface area contributed by atoms with E-state index >= 15 is 0 Å². The summed E-state index contributed by atoms with van der Waals surface area (Å²) in [5, 5.41) is 0. The van der Waals surface area contributed by atoms with Crippen LogP contribution in [-0.2, 0) is 0 Å². The molecule has 0 bridgehead atoms. The van der Waals surface area contributed by atoms with Crippen molar-refractivity contribution >= 4 is 0 Å². The molecule has 0 unspecified atom stereocenters. The van der Waals surface area contributed by atoms with E-state index in [1.165, 1.54) is 0 Å². The Balaban J connectivity index is 2.39. The molecule has 0 atom stereocenters. The molecule has 0 radical (unpaired) electrons. The molecule has 2 rings (SSSR count). The van der Waals surface area contributed by atoms with E-state index < -0.39 is 23.5 Å². The van der Waals surface area contributed by atoms with Crippen LogP contribution < -0.4 is 4.74 Å². The molecule has 20 heavy (non-hydrogen) atoms. The largest absolute Gasteiger partial charge is 0.436 e. The van der Waals surface area contributed by atoms with E-state index in [0.717, 1.165) is 11.1 Å². The number of aromatic nitrogens is 1. The topological polar surface area (TPSA) is 22.1 Å². The first-order chi connectivity index (χ1) is 9.38. The molecular formula is C15H14F3NO. The Morgan fingerprint density at radius 2 is 1.75 bits per heavy atom. The molecule has 0 amide bonds. The van der Waals surface area contributed by atoms with Crippen molar-refractivity contribution in [2.45, 2.75) is 26.7 Å². The van der Waals surface area contributed by atoms with Gasteiger partial charge in [0.05, 0.1) is 0 Å². The number of rotatable bonds is 3. The monoisotopic (exact) mass is 281 g/mol. The van der Waals surface area contributed by atoms with Crippen molar-refractivity contribution in [1.29, 1.82) is 0 Å². The summed E-state index contributed by atoms with van der Waals surface area (Å²) in [5.41, 5.74) is 1.74. The third-order valence-electron chi connectivity index (χ3n) is 2.94. The van der Waals surface area contributed by atoms with Gasteiger partial charge in [0.25, 0.3) is 11.8 Å². The van der Waals surface area contributed by atoms with Gasteiger partial charge in [-0.05, 0) is 30.0 Å². The number of ether oxygens (including phenoxy) is 1. The second kappa shape index (κ2) is 5.53. The Labute approximate surface area is 115 Å². The fourth-order valence-corrected chi connectivity index (χ4v) is 1.69. The van der Waals surface area contributed by atoms with Crippen LogP contribution in [0, 0.1) is 24.5 Å². The van der Waals surface area contributed by atoms with Gasteiger partial charge in [0.2, 0.25) is 0 Å². The van der Waals surface area contributed by atoms with Crippen LogP contribution in [0.15, 0.2) is 24.3 Å². The van der Waals surface area contributed by atoms with E-state index in [0.29, 0.717) is 11.8 Å². The Morgan fingerprint density at radius 1 is 1.05 bits per heavy atom. The van der Waals surface area contributed by atoms with Crippen molar-refractivity contribution < 1.29 is 17.9 Å². The molecule has 5 heteroatoms. The highest BCUT2D eigenvalue weighted by Crippen LogP contribution is 2.29. The van der Waals surface area contributed by atoms with Crippen LogP contribution in [0.4, 0.5) is 13.2 Å². The summed E-state index contributed by atoms with van der Waals surface area (Å²) in [6, 6.07) is 5.91. The lowest BCUT2D eigenvalue weighted by atomic mass is 10.0. The van der Waals surface area contributed by atoms with Gasteiger partial charge in [-0.15, -0.1) is 0 Å². The van der Waals surface area contributed by atoms with Gasteiger partial charge in [-0.2, -0.15) is 9.37 Å². The van der Waals surface area contributed by atoms with Gasteiger partial charge in [-0.25, -0.2) is 8.78 Å². The van der Waals surface area contributed by atoms with E-state index in [1.807, 2.05) is 26.0 Å². The Morgan fingerprint density at radius 3 is 2.40 bits per heavy atom. The average molecular weight is 281 g/mol. The normalized spacial score (nSPS) is 10.9. The Hall–Kier alpha value is -2.04. The smallest absolute Gasteiger partial charge is 0.258 e. The van der Waals surface area contributed by atoms with Crippen LogP contribution in [0.2, 0.25) is 0 Å². The van der Waals surface area contributed by atoms with Crippen molar-refractivity contribution in [2.75, 3.05) is 0 Å². The molecular weight excluding hydrogens is 267 g/mol. The molecule has 0 N–H and O–H groups in total. The molecule has 0 spiro atoms. The number of hydrogen-bond acceptors (Lipinski definition) is 2. The maximum Gasteiger partial charge on any atom is 0.258 e. The highest BCUT2D eigenvalue weighted by molar-refractivity contribution is 5.40. The molecule has 0 aliphatic heterocycles. The SMILES string of the molecule is Cc1ccc(C(C)C)cc1Oc1nc(F)c(F)cc1F. The van der Waals surface area contributed by atoms with Crippen molar-refractivity contribution in [1.82, 2.24) is 4.98 Å². The minimum atomic E-state index is -1.39. The Kier molecular flexibility index (Phi) is 3.97. The fraction of sp³-hybridized carbons (Fsp3) is 0.267. The molecule has 2 aromatic rings. The summed E-state index contributed by atoms with van der Waals surface area (Å²) < 4.78 is 44.6. The lowest BCUT2D eigenvalue weighted by molar-refractivity contribution is 0.385. The third-order valence-corrected chi connectivity index (χ3v) is 2.94. The summed E-state index contributed by atoms with van der Waals surface area (Å²) >= 11 is 0. The van der Waals surface area contributed by atoms with Crippen molar-refractivity contribution in [3.05, 3.63) is 53.0 Å². The van der Waals surface area contributed by atoms with Crippen LogP contribution in [0.5, 0.6) is 11.6 Å². The maximum absolute atomic E-state index is 13.5. The van der Waals surface area contributed by atoms with Gasteiger partial charge in [-0.1, -0.05) is 26.0 Å². The molecule has 0 saturated carbocycles. The molecule has 1 aromatic heterocycles. The van der Waals surface area contributed by atoms with Crippen LogP contribution >= 0.6 is 0 Å². The molecule has 1 heterocycles. The van der Waals surface area contributed by atoms with Crippen LogP contribution in [-0.4, -0.2) is 4.98 Å². The summed E-state index contributed by atoms with van der Waals surface area (Å²) in [4.78, 5) is 3.14. The summed E-state index contributed by atoms with van der Waals surface area (Å²) in [7, 11) is 0. The number of pyridine rings is 1. The van der Waals surface area contributed by atoms with E-state index in [2.05, 4.69) is 4.98 Å². The Bertz CT molecular complexity index is 641. The standard InChI is InChI=1S/C15H14F3NO/c1-8(2)10-5-4-9(3)13(6-10)20-15-12(17)7-11(16)14(18)19-15/h4-8H,1-3H3. The maximum atomic E-state index is 13.5. The highest BCUT2D eigenvalue weighted by Gasteiger charge is 2.15. The number of benzene rings is 1. The fourth-order valence-electron chi connectivity index (χ4n) is 1.69. The van der Waals surface area contributed by atoms with E-state index in [9.17, 15) is 13.2 Å². The quantitative estimate of drug-likeness (QED) is 0.759. The number of hydrogen-bond donors (Lipinski definition) is 0. The second-order valence-electron chi connectivity index (χ2n) is 4.83. The predicted octanol–water partition coefficient (Wildman–Crippen LogP) is 4.72. The second-order valence-corrected chi connectivity index (χ2v) is 4.83. The van der Waals surface area contributed by atoms with Crippen LogP contribution in [0.1, 0.15) is 30.9 Å². The summed E-state index contributed by atoms with van der Waals surface area (Å²) in [6.07, 6.45) is 0. The van der Waals surface area contributed by atoms with Crippen molar-refractivity contribution in [2.24, 2.45) is 0 Å². The molecule has 1 aromatic carbocycles. The van der Waals surface area contributed by atoms with Gasteiger partial charge in [0.15, 0.2) is 11.6 Å². The van der Waals surface area contributed by atoms with E-state index in [4.69, 9.17) is 4.74 Å². The van der Waals surface area contributed by atoms with Gasteiger partial charge in [-0.3, -0.25) is 0 Å². The molecule has 0 saturated heterocycles. The van der Waals surface area contributed by atoms with Gasteiger partial charge in [0, 0.05) is 6.07 Å². The number of halogens is 3. The first kappa shape index (κ1) is 14.4. The summed E-state index contributed by atoms with van der Waals surface area (Å²) in [6.45, 7) is 5.78. The first-order valence-corrected chi connectivity index (χ1v) is 6.18. The zero-order chi connectivity index (χ0) is 14.9. The van der Waals surface area contributed by atoms with Gasteiger partial charge >= 0.3 is 0 Å². The lowest BCUT2D eigenvalue weighted by Gasteiger charge is -2.12. The van der Waals surface area contributed by atoms with Gasteiger partial charge in [0.1, 0.15) is 5.75 Å². The minimum absolute atomic E-state index is 0.265. The molecule has 0 aliphatic rings. The molecule has 106 valence electrons. The van der Waals surface area contributed by atoms with E-state index in [-0.39, 0.29) is 5.92 Å². The van der Waals surface area contributed by atoms with E-state index in [1.54, 1.807) is 13.0 Å². The average Bonchev–Trinajstić information content (AvgIpc) is 2.38. The zero-order valence-electron chi connectivity index (χ0n) is 11.4. The van der Waals surface area contributed by atoms with Gasteiger partial charge < -0.3 is 4.74 Å².